The third-order valence-corrected chi connectivity index (χ3v) is 12.1. The van der Waals surface area contributed by atoms with E-state index in [-0.39, 0.29) is 29.3 Å². The summed E-state index contributed by atoms with van der Waals surface area (Å²) in [5.74, 6) is -2.84. The van der Waals surface area contributed by atoms with Crippen molar-refractivity contribution in [2.45, 2.75) is 115 Å². The number of hydrogen-bond donors (Lipinski definition) is 4. The van der Waals surface area contributed by atoms with Gasteiger partial charge in [-0.1, -0.05) is 71.9 Å². The number of nitrogens with zero attached hydrogens (tertiary/aromatic N) is 2. The summed E-state index contributed by atoms with van der Waals surface area (Å²) in [6, 6.07) is 0.370. The van der Waals surface area contributed by atoms with E-state index in [1.807, 2.05) is 27.7 Å². The van der Waals surface area contributed by atoms with Crippen LogP contribution in [0.2, 0.25) is 0 Å². The van der Waals surface area contributed by atoms with Crippen molar-refractivity contribution in [3.8, 4) is 0 Å². The van der Waals surface area contributed by atoms with Gasteiger partial charge in [-0.3, -0.25) is 24.0 Å². The van der Waals surface area contributed by atoms with E-state index in [1.54, 1.807) is 12.1 Å². The minimum Gasteiger partial charge on any atom is -0.346 e. The van der Waals surface area contributed by atoms with Crippen molar-refractivity contribution < 1.29 is 32.4 Å². The Kier molecular flexibility index (Phi) is 11.2. The zero-order valence-electron chi connectivity index (χ0n) is 29.6. The first-order chi connectivity index (χ1) is 23.6. The van der Waals surface area contributed by atoms with Crippen LogP contribution in [-0.2, 0) is 34.0 Å². The summed E-state index contributed by atoms with van der Waals surface area (Å²) in [6.45, 7) is 11.3. The number of ketones is 1. The molecule has 13 nitrogen and oxygen atoms in total. The number of carbonyl (C=O) groups is 5. The maximum absolute atomic E-state index is 14.5. The molecule has 6 atom stereocenters. The highest BCUT2D eigenvalue weighted by Crippen LogP contribution is 2.50. The Hall–Kier alpha value is -3.65. The van der Waals surface area contributed by atoms with E-state index in [0.717, 1.165) is 38.5 Å². The van der Waals surface area contributed by atoms with Gasteiger partial charge in [0.05, 0.1) is 6.04 Å². The predicted molar refractivity (Wildman–Crippen MR) is 186 cm³/mol. The molecule has 0 bridgehead atoms. The first kappa shape index (κ1) is 37.6. The topological polar surface area (TPSA) is 184 Å². The highest BCUT2D eigenvalue weighted by molar-refractivity contribution is 7.89. The highest BCUT2D eigenvalue weighted by Gasteiger charge is 2.59. The van der Waals surface area contributed by atoms with Gasteiger partial charge in [-0.2, -0.15) is 4.72 Å². The summed E-state index contributed by atoms with van der Waals surface area (Å²) in [5, 5.41) is 8.03. The number of amides is 4. The Morgan fingerprint density at radius 1 is 1.08 bits per heavy atom. The molecule has 1 aromatic rings. The van der Waals surface area contributed by atoms with Gasteiger partial charge in [0.1, 0.15) is 18.1 Å². The average Bonchev–Trinajstić information content (AvgIpc) is 4.02. The van der Waals surface area contributed by atoms with Crippen LogP contribution in [0.5, 0.6) is 0 Å². The van der Waals surface area contributed by atoms with Crippen molar-refractivity contribution in [2.24, 2.45) is 28.6 Å². The molecule has 1 aromatic heterocycles. The van der Waals surface area contributed by atoms with Crippen molar-refractivity contribution in [3.63, 3.8) is 0 Å². The van der Waals surface area contributed by atoms with Crippen LogP contribution in [-0.4, -0.2) is 85.0 Å². The molecule has 2 heterocycles. The third kappa shape index (κ3) is 8.62. The third-order valence-electron chi connectivity index (χ3n) is 10.8. The van der Waals surface area contributed by atoms with Crippen LogP contribution in [0.15, 0.2) is 42.1 Å². The number of carbonyl (C=O) groups excluding carboxylic acids is 5. The number of pyridine rings is 1. The van der Waals surface area contributed by atoms with Crippen molar-refractivity contribution in [3.05, 3.63) is 37.1 Å². The molecular weight excluding hydrogens is 660 g/mol. The molecule has 4 amide bonds. The van der Waals surface area contributed by atoms with Gasteiger partial charge in [-0.25, -0.2) is 13.4 Å². The number of rotatable bonds is 15. The number of piperidine rings is 1. The molecule has 3 aliphatic carbocycles. The van der Waals surface area contributed by atoms with Crippen molar-refractivity contribution >= 4 is 39.4 Å². The average molecular weight is 713 g/mol. The van der Waals surface area contributed by atoms with Crippen LogP contribution in [0.25, 0.3) is 0 Å². The molecule has 1 unspecified atom stereocenters. The Morgan fingerprint density at radius 3 is 2.38 bits per heavy atom. The maximum atomic E-state index is 14.5. The second-order valence-corrected chi connectivity index (χ2v) is 17.6. The van der Waals surface area contributed by atoms with Gasteiger partial charge < -0.3 is 20.9 Å². The molecule has 0 radical (unpaired) electrons. The largest absolute Gasteiger partial charge is 0.346 e. The van der Waals surface area contributed by atoms with Crippen molar-refractivity contribution in [1.29, 1.82) is 0 Å². The molecule has 5 rings (SSSR count). The Bertz CT molecular complexity index is 1580. The van der Waals surface area contributed by atoms with Gasteiger partial charge in [-0.05, 0) is 66.4 Å². The molecule has 14 heteroatoms. The van der Waals surface area contributed by atoms with Gasteiger partial charge in [0.25, 0.3) is 15.9 Å². The minimum atomic E-state index is -4.19. The van der Waals surface area contributed by atoms with Crippen LogP contribution in [0.1, 0.15) is 85.5 Å². The monoisotopic (exact) mass is 712 g/mol. The molecule has 3 saturated carbocycles. The van der Waals surface area contributed by atoms with E-state index in [1.165, 1.54) is 23.2 Å². The van der Waals surface area contributed by atoms with E-state index in [9.17, 15) is 32.4 Å². The highest BCUT2D eigenvalue weighted by atomic mass is 32.2. The van der Waals surface area contributed by atoms with Gasteiger partial charge in [0.15, 0.2) is 5.03 Å². The van der Waals surface area contributed by atoms with Gasteiger partial charge in [-0.15, -0.1) is 6.58 Å². The van der Waals surface area contributed by atoms with Crippen molar-refractivity contribution in [1.82, 2.24) is 30.6 Å². The minimum absolute atomic E-state index is 0.0966. The van der Waals surface area contributed by atoms with Crippen LogP contribution in [0, 0.1) is 28.6 Å². The second-order valence-electron chi connectivity index (χ2n) is 15.9. The SMILES string of the molecule is C=CCNC(=O)C(=O)C(CC1CC1)NC(=O)[C@@H]1[C@H]2C[C@H]2CN1C(=O)[C@@H](NC(=O)[C@@H](NS(=O)(=O)c1ccccn1)C1(C)CCCCC1)C(C)(C)C. The number of nitrogens with one attached hydrogen (secondary N) is 4. The lowest BCUT2D eigenvalue weighted by Gasteiger charge is -2.42. The van der Waals surface area contributed by atoms with Gasteiger partial charge in [0, 0.05) is 19.3 Å². The van der Waals surface area contributed by atoms with E-state index >= 15 is 0 Å². The van der Waals surface area contributed by atoms with Gasteiger partial charge in [0.2, 0.25) is 23.5 Å². The van der Waals surface area contributed by atoms with Gasteiger partial charge >= 0.3 is 0 Å². The van der Waals surface area contributed by atoms with E-state index in [2.05, 4.69) is 32.2 Å². The molecule has 4 fully saturated rings. The second kappa shape index (κ2) is 14.9. The summed E-state index contributed by atoms with van der Waals surface area (Å²) < 4.78 is 29.6. The zero-order chi connectivity index (χ0) is 36.4. The lowest BCUT2D eigenvalue weighted by molar-refractivity contribution is -0.146. The van der Waals surface area contributed by atoms with Crippen LogP contribution >= 0.6 is 0 Å². The molecular formula is C36H52N6O7S. The number of sulfonamides is 1. The van der Waals surface area contributed by atoms with E-state index in [4.69, 9.17) is 0 Å². The fourth-order valence-electron chi connectivity index (χ4n) is 7.54. The molecule has 274 valence electrons. The molecule has 1 saturated heterocycles. The summed E-state index contributed by atoms with van der Waals surface area (Å²) in [6.07, 6.45) is 9.65. The van der Waals surface area contributed by atoms with Crippen LogP contribution in [0.4, 0.5) is 0 Å². The summed E-state index contributed by atoms with van der Waals surface area (Å²) >= 11 is 0. The molecule has 4 aliphatic rings. The number of hydrogen-bond acceptors (Lipinski definition) is 8. The Balaban J connectivity index is 1.37. The molecule has 0 spiro atoms. The zero-order valence-corrected chi connectivity index (χ0v) is 30.4. The lowest BCUT2D eigenvalue weighted by atomic mass is 9.70. The summed E-state index contributed by atoms with van der Waals surface area (Å²) in [7, 11) is -4.19. The lowest BCUT2D eigenvalue weighted by Crippen LogP contribution is -2.63. The number of fused-ring (bicyclic) bond motifs is 1. The van der Waals surface area contributed by atoms with Crippen molar-refractivity contribution in [2.75, 3.05) is 13.1 Å². The fourth-order valence-corrected chi connectivity index (χ4v) is 8.82. The normalized spacial score (nSPS) is 24.6. The summed E-state index contributed by atoms with van der Waals surface area (Å²) in [5.41, 5.74) is -1.53. The van der Waals surface area contributed by atoms with Crippen LogP contribution < -0.4 is 20.7 Å². The van der Waals surface area contributed by atoms with Crippen LogP contribution in [0.3, 0.4) is 0 Å². The maximum Gasteiger partial charge on any atom is 0.289 e. The molecule has 0 aromatic carbocycles. The first-order valence-corrected chi connectivity index (χ1v) is 19.3. The Labute approximate surface area is 295 Å². The molecule has 50 heavy (non-hydrogen) atoms. The predicted octanol–water partition coefficient (Wildman–Crippen LogP) is 2.23. The molecule has 4 N–H and O–H groups in total. The standard InChI is InChI=1S/C36H52N6O7S/c1-6-17-38-32(45)28(43)25(19-22-13-14-22)39-31(44)27-24-20-23(24)21-42(27)34(47)30(35(2,3)4)40-33(46)29(36(5)15-9-7-10-16-36)41-50(48,49)26-12-8-11-18-37-26/h6,8,11-12,18,22-25,27,29-30,41H,1,7,9-10,13-17,19-21H2,2-5H3,(H,38,45)(H,39,44)(H,40,46)/t23-,24-,25?,27-,29+,30+/m0/s1. The Morgan fingerprint density at radius 2 is 1.78 bits per heavy atom. The first-order valence-electron chi connectivity index (χ1n) is 17.8. The number of Topliss-reactive ketones (excluding diaryl/α,β-unsaturated/α-hetero) is 1. The molecule has 1 aliphatic heterocycles. The fraction of sp³-hybridized carbons (Fsp3) is 0.667. The quantitative estimate of drug-likeness (QED) is 0.158. The number of likely N-dealkylation sites (tertiary alicyclic amines) is 1. The summed E-state index contributed by atoms with van der Waals surface area (Å²) in [4.78, 5) is 73.8. The van der Waals surface area contributed by atoms with E-state index < -0.39 is 74.4 Å². The number of aromatic nitrogens is 1. The van der Waals surface area contributed by atoms with E-state index in [0.29, 0.717) is 25.8 Å². The smallest absolute Gasteiger partial charge is 0.289 e.